The number of hydrogen-bond acceptors (Lipinski definition) is 2. The van der Waals surface area contributed by atoms with Gasteiger partial charge >= 0.3 is 0 Å². The summed E-state index contributed by atoms with van der Waals surface area (Å²) in [6, 6.07) is 11.9. The van der Waals surface area contributed by atoms with Crippen LogP contribution in [0.2, 0.25) is 0 Å². The van der Waals surface area contributed by atoms with Crippen LogP contribution in [0.4, 0.5) is 0 Å². The lowest BCUT2D eigenvalue weighted by molar-refractivity contribution is 0.0951. The summed E-state index contributed by atoms with van der Waals surface area (Å²) in [6.07, 6.45) is 3.22. The monoisotopic (exact) mass is 318 g/mol. The normalized spacial score (nSPS) is 11.9. The number of rotatable bonds is 4. The molecule has 2 rings (SSSR count). The first-order chi connectivity index (χ1) is 9.16. The summed E-state index contributed by atoms with van der Waals surface area (Å²) in [7, 11) is 0. The van der Waals surface area contributed by atoms with Gasteiger partial charge in [-0.05, 0) is 33.5 Å². The van der Waals surface area contributed by atoms with Crippen LogP contribution in [-0.2, 0) is 0 Å². The minimum Gasteiger partial charge on any atom is -0.351 e. The summed E-state index contributed by atoms with van der Waals surface area (Å²) < 4.78 is 0.802. The Labute approximate surface area is 121 Å². The van der Waals surface area contributed by atoms with Gasteiger partial charge in [0.25, 0.3) is 5.91 Å². The van der Waals surface area contributed by atoms with Crippen LogP contribution >= 0.6 is 15.9 Å². The molecule has 19 heavy (non-hydrogen) atoms. The first-order valence-corrected chi connectivity index (χ1v) is 6.90. The summed E-state index contributed by atoms with van der Waals surface area (Å²) in [5.74, 6) is 0.182. The van der Waals surface area contributed by atoms with Crippen LogP contribution in [-0.4, -0.2) is 17.4 Å². The van der Waals surface area contributed by atoms with Crippen molar-refractivity contribution in [2.24, 2.45) is 0 Å². The predicted octanol–water partition coefficient (Wildman–Crippen LogP) is 3.38. The fourth-order valence-electron chi connectivity index (χ4n) is 1.78. The Hall–Kier alpha value is -1.68. The smallest absolute Gasteiger partial charge is 0.252 e. The van der Waals surface area contributed by atoms with Crippen molar-refractivity contribution in [2.45, 2.75) is 12.8 Å². The van der Waals surface area contributed by atoms with Crippen molar-refractivity contribution in [2.75, 3.05) is 6.54 Å². The lowest BCUT2D eigenvalue weighted by Crippen LogP contribution is -2.27. The molecule has 0 spiro atoms. The van der Waals surface area contributed by atoms with E-state index < -0.39 is 0 Å². The number of halogens is 1. The van der Waals surface area contributed by atoms with Crippen molar-refractivity contribution >= 4 is 21.8 Å². The van der Waals surface area contributed by atoms with E-state index in [1.807, 2.05) is 18.2 Å². The molecule has 0 aliphatic heterocycles. The van der Waals surface area contributed by atoms with E-state index in [-0.39, 0.29) is 11.8 Å². The predicted molar refractivity (Wildman–Crippen MR) is 79.1 cm³/mol. The van der Waals surface area contributed by atoms with Gasteiger partial charge in [-0.15, -0.1) is 0 Å². The molecule has 3 nitrogen and oxygen atoms in total. The number of pyridine rings is 1. The van der Waals surface area contributed by atoms with Gasteiger partial charge in [-0.25, -0.2) is 0 Å². The highest BCUT2D eigenvalue weighted by Gasteiger charge is 2.09. The lowest BCUT2D eigenvalue weighted by atomic mass is 10.0. The van der Waals surface area contributed by atoms with Crippen molar-refractivity contribution in [1.29, 1.82) is 0 Å². The van der Waals surface area contributed by atoms with Gasteiger partial charge in [-0.2, -0.15) is 0 Å². The molecule has 1 aromatic carbocycles. The van der Waals surface area contributed by atoms with Crippen LogP contribution in [0.3, 0.4) is 0 Å². The molecule has 0 saturated carbocycles. The highest BCUT2D eigenvalue weighted by Crippen LogP contribution is 2.14. The summed E-state index contributed by atoms with van der Waals surface area (Å²) in [5, 5.41) is 2.92. The summed E-state index contributed by atoms with van der Waals surface area (Å²) >= 11 is 3.30. The number of carbonyl (C=O) groups is 1. The van der Waals surface area contributed by atoms with Crippen molar-refractivity contribution in [3.05, 3.63) is 64.4 Å². The minimum atomic E-state index is -0.100. The topological polar surface area (TPSA) is 42.0 Å². The molecule has 0 fully saturated rings. The lowest BCUT2D eigenvalue weighted by Gasteiger charge is -2.13. The zero-order chi connectivity index (χ0) is 13.7. The standard InChI is InChI=1S/C15H15BrN2O/c1-11(12-5-3-2-4-6-12)8-18-15(19)13-7-14(16)10-17-9-13/h2-7,9-11H,8H2,1H3,(H,18,19). The number of nitrogens with one attached hydrogen (secondary N) is 1. The molecule has 1 N–H and O–H groups in total. The molecule has 1 amide bonds. The number of nitrogens with zero attached hydrogens (tertiary/aromatic N) is 1. The van der Waals surface area contributed by atoms with Crippen LogP contribution in [0, 0.1) is 0 Å². The molecule has 1 aromatic heterocycles. The minimum absolute atomic E-state index is 0.100. The summed E-state index contributed by atoms with van der Waals surface area (Å²) in [6.45, 7) is 2.70. The quantitative estimate of drug-likeness (QED) is 0.939. The van der Waals surface area contributed by atoms with E-state index >= 15 is 0 Å². The van der Waals surface area contributed by atoms with Gasteiger partial charge in [0.2, 0.25) is 0 Å². The van der Waals surface area contributed by atoms with Gasteiger partial charge in [-0.3, -0.25) is 9.78 Å². The third-order valence-corrected chi connectivity index (χ3v) is 3.34. The highest BCUT2D eigenvalue weighted by molar-refractivity contribution is 9.10. The average molecular weight is 319 g/mol. The first-order valence-electron chi connectivity index (χ1n) is 6.10. The summed E-state index contributed by atoms with van der Waals surface area (Å²) in [5.41, 5.74) is 1.78. The second-order valence-electron chi connectivity index (χ2n) is 4.41. The van der Waals surface area contributed by atoms with Crippen LogP contribution in [0.1, 0.15) is 28.8 Å². The second-order valence-corrected chi connectivity index (χ2v) is 5.33. The second kappa shape index (κ2) is 6.48. The maximum absolute atomic E-state index is 12.0. The molecule has 0 saturated heterocycles. The van der Waals surface area contributed by atoms with Gasteiger partial charge in [0.05, 0.1) is 5.56 Å². The Balaban J connectivity index is 1.94. The van der Waals surface area contributed by atoms with Gasteiger partial charge in [-0.1, -0.05) is 37.3 Å². The Kier molecular flexibility index (Phi) is 4.68. The maximum atomic E-state index is 12.0. The Morgan fingerprint density at radius 3 is 2.74 bits per heavy atom. The van der Waals surface area contributed by atoms with Gasteiger partial charge in [0.1, 0.15) is 0 Å². The molecule has 4 heteroatoms. The van der Waals surface area contributed by atoms with Crippen LogP contribution in [0.25, 0.3) is 0 Å². The van der Waals surface area contributed by atoms with E-state index in [1.165, 1.54) is 5.56 Å². The van der Waals surface area contributed by atoms with Crippen LogP contribution in [0.5, 0.6) is 0 Å². The van der Waals surface area contributed by atoms with E-state index in [1.54, 1.807) is 18.5 Å². The number of benzene rings is 1. The van der Waals surface area contributed by atoms with E-state index in [0.29, 0.717) is 12.1 Å². The van der Waals surface area contributed by atoms with Crippen molar-refractivity contribution < 1.29 is 4.79 Å². The van der Waals surface area contributed by atoms with Crippen molar-refractivity contribution in [3.8, 4) is 0 Å². The van der Waals surface area contributed by atoms with Gasteiger partial charge in [0.15, 0.2) is 0 Å². The molecule has 2 aromatic rings. The van der Waals surface area contributed by atoms with E-state index in [9.17, 15) is 4.79 Å². The number of amides is 1. The Bertz CT molecular complexity index is 557. The maximum Gasteiger partial charge on any atom is 0.252 e. The molecule has 0 aliphatic rings. The molecule has 0 radical (unpaired) electrons. The third-order valence-electron chi connectivity index (χ3n) is 2.90. The molecule has 0 aliphatic carbocycles. The largest absolute Gasteiger partial charge is 0.351 e. The molecular formula is C15H15BrN2O. The third kappa shape index (κ3) is 3.89. The van der Waals surface area contributed by atoms with Gasteiger partial charge in [0, 0.05) is 23.4 Å². The molecular weight excluding hydrogens is 304 g/mol. The van der Waals surface area contributed by atoms with Crippen molar-refractivity contribution in [1.82, 2.24) is 10.3 Å². The van der Waals surface area contributed by atoms with E-state index in [4.69, 9.17) is 0 Å². The number of aromatic nitrogens is 1. The Morgan fingerprint density at radius 1 is 1.32 bits per heavy atom. The highest BCUT2D eigenvalue weighted by atomic mass is 79.9. The molecule has 98 valence electrons. The van der Waals surface area contributed by atoms with Crippen LogP contribution < -0.4 is 5.32 Å². The average Bonchev–Trinajstić information content (AvgIpc) is 2.45. The summed E-state index contributed by atoms with van der Waals surface area (Å²) in [4.78, 5) is 15.9. The number of hydrogen-bond donors (Lipinski definition) is 1. The zero-order valence-corrected chi connectivity index (χ0v) is 12.2. The van der Waals surface area contributed by atoms with Crippen molar-refractivity contribution in [3.63, 3.8) is 0 Å². The fraction of sp³-hybridized carbons (Fsp3) is 0.200. The van der Waals surface area contributed by atoms with E-state index in [0.717, 1.165) is 4.47 Å². The first kappa shape index (κ1) is 13.7. The number of carbonyl (C=O) groups excluding carboxylic acids is 1. The molecule has 1 heterocycles. The molecule has 1 atom stereocenters. The van der Waals surface area contributed by atoms with E-state index in [2.05, 4.69) is 45.3 Å². The molecule has 0 bridgehead atoms. The SMILES string of the molecule is CC(CNC(=O)c1cncc(Br)c1)c1ccccc1. The van der Waals surface area contributed by atoms with Gasteiger partial charge < -0.3 is 5.32 Å². The van der Waals surface area contributed by atoms with Crippen LogP contribution in [0.15, 0.2) is 53.3 Å². The molecule has 1 unspecified atom stereocenters. The fourth-order valence-corrected chi connectivity index (χ4v) is 2.15. The Morgan fingerprint density at radius 2 is 2.05 bits per heavy atom. The zero-order valence-electron chi connectivity index (χ0n) is 10.6.